The summed E-state index contributed by atoms with van der Waals surface area (Å²) in [4.78, 5) is 23.3. The van der Waals surface area contributed by atoms with Crippen molar-refractivity contribution in [2.45, 2.75) is 102 Å². The normalized spacial score (nSPS) is 21.6. The average Bonchev–Trinajstić information content (AvgIpc) is 3.07. The molecule has 4 nitrogen and oxygen atoms in total. The number of aliphatic hydroxyl groups is 2. The summed E-state index contributed by atoms with van der Waals surface area (Å²) < 4.78 is 0. The maximum absolute atomic E-state index is 12.3. The SMILES string of the molecule is C=CC(O)(CCCCCC)CCC[C@H]1CCC(=O)[C@@H]1CCCCC=CC(=O)CO. The molecule has 0 bridgehead atoms. The molecular formula is C25H42O4. The zero-order valence-corrected chi connectivity index (χ0v) is 18.4. The Balaban J connectivity index is 2.32. The van der Waals surface area contributed by atoms with Crippen molar-refractivity contribution in [1.82, 2.24) is 0 Å². The molecule has 0 aromatic carbocycles. The van der Waals surface area contributed by atoms with Crippen molar-refractivity contribution >= 4 is 11.6 Å². The molecule has 0 spiro atoms. The van der Waals surface area contributed by atoms with E-state index < -0.39 is 12.2 Å². The van der Waals surface area contributed by atoms with Gasteiger partial charge in [-0.1, -0.05) is 51.2 Å². The monoisotopic (exact) mass is 406 g/mol. The molecule has 0 aliphatic heterocycles. The first-order valence-electron chi connectivity index (χ1n) is 11.6. The second-order valence-corrected chi connectivity index (χ2v) is 8.69. The van der Waals surface area contributed by atoms with Gasteiger partial charge in [0.05, 0.1) is 5.60 Å². The molecule has 1 saturated carbocycles. The molecule has 29 heavy (non-hydrogen) atoms. The van der Waals surface area contributed by atoms with E-state index in [9.17, 15) is 14.7 Å². The van der Waals surface area contributed by atoms with E-state index >= 15 is 0 Å². The molecule has 0 aromatic rings. The van der Waals surface area contributed by atoms with Crippen LogP contribution in [0, 0.1) is 11.8 Å². The number of aliphatic hydroxyl groups excluding tert-OH is 1. The lowest BCUT2D eigenvalue weighted by molar-refractivity contribution is -0.121. The number of unbranched alkanes of at least 4 members (excludes halogenated alkanes) is 5. The van der Waals surface area contributed by atoms with Crippen LogP contribution in [0.4, 0.5) is 0 Å². The summed E-state index contributed by atoms with van der Waals surface area (Å²) >= 11 is 0. The quantitative estimate of drug-likeness (QED) is 0.195. The molecule has 1 unspecified atom stereocenters. The van der Waals surface area contributed by atoms with Gasteiger partial charge in [-0.25, -0.2) is 0 Å². The van der Waals surface area contributed by atoms with Crippen LogP contribution in [0.1, 0.15) is 96.8 Å². The number of carbonyl (C=O) groups is 2. The van der Waals surface area contributed by atoms with E-state index in [1.54, 1.807) is 6.08 Å². The molecule has 2 N–H and O–H groups in total. The van der Waals surface area contributed by atoms with Crippen molar-refractivity contribution in [3.05, 3.63) is 24.8 Å². The third-order valence-corrected chi connectivity index (χ3v) is 6.37. The van der Waals surface area contributed by atoms with Crippen LogP contribution in [0.15, 0.2) is 24.8 Å². The highest BCUT2D eigenvalue weighted by Gasteiger charge is 2.34. The van der Waals surface area contributed by atoms with Crippen LogP contribution in [0.2, 0.25) is 0 Å². The number of allylic oxidation sites excluding steroid dienone is 1. The van der Waals surface area contributed by atoms with Crippen molar-refractivity contribution in [1.29, 1.82) is 0 Å². The van der Waals surface area contributed by atoms with Crippen LogP contribution in [0.5, 0.6) is 0 Å². The van der Waals surface area contributed by atoms with Crippen LogP contribution in [0.25, 0.3) is 0 Å². The predicted octanol–water partition coefficient (Wildman–Crippen LogP) is 5.32. The van der Waals surface area contributed by atoms with Crippen molar-refractivity contribution < 1.29 is 19.8 Å². The number of ketones is 2. The average molecular weight is 407 g/mol. The van der Waals surface area contributed by atoms with Gasteiger partial charge in [0.25, 0.3) is 0 Å². The molecule has 0 aromatic heterocycles. The lowest BCUT2D eigenvalue weighted by atomic mass is 9.84. The van der Waals surface area contributed by atoms with E-state index in [1.807, 2.05) is 6.08 Å². The smallest absolute Gasteiger partial charge is 0.180 e. The fourth-order valence-corrected chi connectivity index (χ4v) is 4.47. The minimum atomic E-state index is -0.760. The van der Waals surface area contributed by atoms with Crippen LogP contribution in [0.3, 0.4) is 0 Å². The second-order valence-electron chi connectivity index (χ2n) is 8.69. The number of Topliss-reactive ketones (excluding diaryl/α,β-unsaturated/α-hetero) is 1. The summed E-state index contributed by atoms with van der Waals surface area (Å²) in [6.07, 6.45) is 18.4. The Morgan fingerprint density at radius 3 is 2.59 bits per heavy atom. The van der Waals surface area contributed by atoms with Crippen molar-refractivity contribution in [3.8, 4) is 0 Å². The Morgan fingerprint density at radius 1 is 1.14 bits per heavy atom. The van der Waals surface area contributed by atoms with Crippen LogP contribution < -0.4 is 0 Å². The number of hydrogen-bond donors (Lipinski definition) is 2. The standard InChI is InChI=1S/C25H42O4/c1-3-5-6-11-18-25(29,4-2)19-12-13-21-16-17-24(28)23(21)15-10-8-7-9-14-22(27)20-26/h4,9,14,21,23,26,29H,2-3,5-8,10-13,15-20H2,1H3/t21-,23+,25?/m0/s1. The van der Waals surface area contributed by atoms with Crippen LogP contribution in [-0.4, -0.2) is 34.0 Å². The fraction of sp³-hybridized carbons (Fsp3) is 0.760. The molecule has 0 radical (unpaired) electrons. The van der Waals surface area contributed by atoms with Crippen molar-refractivity contribution in [2.24, 2.45) is 11.8 Å². The predicted molar refractivity (Wildman–Crippen MR) is 119 cm³/mol. The number of rotatable bonds is 17. The first kappa shape index (κ1) is 25.8. The Bertz CT molecular complexity index is 525. The van der Waals surface area contributed by atoms with E-state index in [4.69, 9.17) is 5.11 Å². The minimum absolute atomic E-state index is 0.166. The van der Waals surface area contributed by atoms with Crippen molar-refractivity contribution in [2.75, 3.05) is 6.61 Å². The molecular weight excluding hydrogens is 364 g/mol. The Labute approximate surface area is 177 Å². The molecule has 1 rings (SSSR count). The fourth-order valence-electron chi connectivity index (χ4n) is 4.47. The van der Waals surface area contributed by atoms with E-state index in [2.05, 4.69) is 13.5 Å². The van der Waals surface area contributed by atoms with E-state index in [1.165, 1.54) is 18.9 Å². The van der Waals surface area contributed by atoms with Gasteiger partial charge < -0.3 is 10.2 Å². The zero-order valence-electron chi connectivity index (χ0n) is 18.4. The lowest BCUT2D eigenvalue weighted by Crippen LogP contribution is -2.26. The highest BCUT2D eigenvalue weighted by molar-refractivity contribution is 5.90. The maximum Gasteiger partial charge on any atom is 0.180 e. The summed E-state index contributed by atoms with van der Waals surface area (Å²) in [6.45, 7) is 5.60. The van der Waals surface area contributed by atoms with E-state index in [-0.39, 0.29) is 11.7 Å². The maximum atomic E-state index is 12.3. The Morgan fingerprint density at radius 2 is 1.90 bits per heavy atom. The van der Waals surface area contributed by atoms with E-state index in [0.29, 0.717) is 18.1 Å². The van der Waals surface area contributed by atoms with Gasteiger partial charge in [0, 0.05) is 12.3 Å². The third kappa shape index (κ3) is 10.4. The van der Waals surface area contributed by atoms with Crippen LogP contribution in [-0.2, 0) is 9.59 Å². The first-order chi connectivity index (χ1) is 14.0. The van der Waals surface area contributed by atoms with Crippen LogP contribution >= 0.6 is 0 Å². The zero-order chi connectivity index (χ0) is 21.5. The van der Waals surface area contributed by atoms with E-state index in [0.717, 1.165) is 70.6 Å². The minimum Gasteiger partial charge on any atom is -0.388 e. The van der Waals surface area contributed by atoms with Gasteiger partial charge in [0.2, 0.25) is 0 Å². The molecule has 0 amide bonds. The highest BCUT2D eigenvalue weighted by Crippen LogP contribution is 2.37. The summed E-state index contributed by atoms with van der Waals surface area (Å²) in [7, 11) is 0. The Hall–Kier alpha value is -1.26. The molecule has 3 atom stereocenters. The van der Waals surface area contributed by atoms with Gasteiger partial charge in [0.15, 0.2) is 5.78 Å². The van der Waals surface area contributed by atoms with Gasteiger partial charge in [-0.15, -0.1) is 6.58 Å². The molecule has 166 valence electrons. The summed E-state index contributed by atoms with van der Waals surface area (Å²) in [5.74, 6) is 0.753. The first-order valence-corrected chi connectivity index (χ1v) is 11.6. The highest BCUT2D eigenvalue weighted by atomic mass is 16.3. The summed E-state index contributed by atoms with van der Waals surface area (Å²) in [5, 5.41) is 19.4. The number of carbonyl (C=O) groups excluding carboxylic acids is 2. The number of hydrogen-bond acceptors (Lipinski definition) is 4. The second kappa shape index (κ2) is 14.7. The topological polar surface area (TPSA) is 74.6 Å². The van der Waals surface area contributed by atoms with Gasteiger partial charge >= 0.3 is 0 Å². The van der Waals surface area contributed by atoms with Crippen molar-refractivity contribution in [3.63, 3.8) is 0 Å². The largest absolute Gasteiger partial charge is 0.388 e. The molecule has 0 saturated heterocycles. The third-order valence-electron chi connectivity index (χ3n) is 6.37. The molecule has 1 aliphatic carbocycles. The molecule has 0 heterocycles. The van der Waals surface area contributed by atoms with Gasteiger partial charge in [-0.05, 0) is 63.4 Å². The molecule has 1 fully saturated rings. The van der Waals surface area contributed by atoms with Gasteiger partial charge in [-0.3, -0.25) is 9.59 Å². The summed E-state index contributed by atoms with van der Waals surface area (Å²) in [5.41, 5.74) is -0.760. The molecule has 4 heteroatoms. The molecule has 1 aliphatic rings. The lowest BCUT2D eigenvalue weighted by Gasteiger charge is -2.26. The van der Waals surface area contributed by atoms with Gasteiger partial charge in [0.1, 0.15) is 12.4 Å². The Kier molecular flexibility index (Phi) is 13.0. The van der Waals surface area contributed by atoms with Gasteiger partial charge in [-0.2, -0.15) is 0 Å². The summed E-state index contributed by atoms with van der Waals surface area (Å²) in [6, 6.07) is 0.